The van der Waals surface area contributed by atoms with E-state index in [-0.39, 0.29) is 10.5 Å². The molecule has 0 unspecified atom stereocenters. The smallest absolute Gasteiger partial charge is 0.140 e. The molecule has 0 amide bonds. The number of hydrogen-bond donors (Lipinski definition) is 1. The van der Waals surface area contributed by atoms with Gasteiger partial charge in [0.15, 0.2) is 0 Å². The molecule has 2 aromatic rings. The first kappa shape index (κ1) is 11.9. The molecule has 3 nitrogen and oxygen atoms in total. The Labute approximate surface area is 101 Å². The number of rotatable bonds is 3. The molecule has 1 aromatic heterocycles. The summed E-state index contributed by atoms with van der Waals surface area (Å²) in [6.07, 6.45) is 2.80. The Morgan fingerprint density at radius 2 is 1.94 bits per heavy atom. The van der Waals surface area contributed by atoms with Crippen LogP contribution in [0.1, 0.15) is 5.56 Å². The van der Waals surface area contributed by atoms with Crippen LogP contribution in [0.2, 0.25) is 0 Å². The first-order chi connectivity index (χ1) is 8.20. The second-order valence-corrected chi connectivity index (χ2v) is 4.23. The maximum absolute atomic E-state index is 13.6. The van der Waals surface area contributed by atoms with Gasteiger partial charge in [-0.15, -0.1) is 0 Å². The van der Waals surface area contributed by atoms with Crippen molar-refractivity contribution in [1.29, 1.82) is 0 Å². The molecule has 1 aromatic carbocycles. The fraction of sp³-hybridized carbons (Fsp3) is 0.0909. The molecule has 0 atom stereocenters. The molecule has 0 aliphatic heterocycles. The van der Waals surface area contributed by atoms with E-state index in [1.54, 1.807) is 6.07 Å². The van der Waals surface area contributed by atoms with Crippen LogP contribution in [0.4, 0.5) is 8.78 Å². The van der Waals surface area contributed by atoms with E-state index in [2.05, 4.69) is 9.97 Å². The third kappa shape index (κ3) is 2.78. The van der Waals surface area contributed by atoms with Crippen molar-refractivity contribution in [2.75, 3.05) is 0 Å². The molecule has 2 rings (SSSR count). The number of aliphatic hydroxyl groups excluding tert-OH is 1. The van der Waals surface area contributed by atoms with Gasteiger partial charge in [0.2, 0.25) is 0 Å². The zero-order valence-electron chi connectivity index (χ0n) is 8.60. The number of nitrogens with zero attached hydrogens (tertiary/aromatic N) is 2. The summed E-state index contributed by atoms with van der Waals surface area (Å²) in [5.41, 5.74) is 0.201. The number of aromatic nitrogens is 2. The molecular weight excluding hydrogens is 246 g/mol. The lowest BCUT2D eigenvalue weighted by Crippen LogP contribution is -1.93. The van der Waals surface area contributed by atoms with Gasteiger partial charge in [0.1, 0.15) is 23.0 Å². The Kier molecular flexibility index (Phi) is 3.65. The first-order valence-electron chi connectivity index (χ1n) is 4.73. The van der Waals surface area contributed by atoms with E-state index >= 15 is 0 Å². The topological polar surface area (TPSA) is 46.0 Å². The highest BCUT2D eigenvalue weighted by Gasteiger charge is 2.13. The summed E-state index contributed by atoms with van der Waals surface area (Å²) in [5.74, 6) is -1.42. The Morgan fingerprint density at radius 3 is 2.47 bits per heavy atom. The maximum Gasteiger partial charge on any atom is 0.140 e. The molecule has 88 valence electrons. The van der Waals surface area contributed by atoms with Crippen LogP contribution in [0.3, 0.4) is 0 Å². The van der Waals surface area contributed by atoms with E-state index in [9.17, 15) is 8.78 Å². The third-order valence-electron chi connectivity index (χ3n) is 2.00. The highest BCUT2D eigenvalue weighted by Crippen LogP contribution is 2.31. The number of aliphatic hydroxyl groups is 1. The molecule has 0 aliphatic carbocycles. The van der Waals surface area contributed by atoms with E-state index in [1.807, 2.05) is 0 Å². The van der Waals surface area contributed by atoms with E-state index in [0.29, 0.717) is 5.03 Å². The average molecular weight is 254 g/mol. The molecule has 0 spiro atoms. The predicted molar refractivity (Wildman–Crippen MR) is 58.4 cm³/mol. The predicted octanol–water partition coefficient (Wildman–Crippen LogP) is 2.40. The second kappa shape index (κ2) is 5.20. The van der Waals surface area contributed by atoms with Crippen LogP contribution in [0, 0.1) is 11.6 Å². The monoisotopic (exact) mass is 254 g/mol. The van der Waals surface area contributed by atoms with Gasteiger partial charge in [0, 0.05) is 6.20 Å². The number of halogens is 2. The summed E-state index contributed by atoms with van der Waals surface area (Å²) in [7, 11) is 0. The quantitative estimate of drug-likeness (QED) is 0.854. The summed E-state index contributed by atoms with van der Waals surface area (Å²) in [6, 6.07) is 3.77. The van der Waals surface area contributed by atoms with Gasteiger partial charge < -0.3 is 5.11 Å². The molecular formula is C11H8F2N2OS. The minimum Gasteiger partial charge on any atom is -0.392 e. The zero-order chi connectivity index (χ0) is 12.3. The van der Waals surface area contributed by atoms with E-state index < -0.39 is 18.2 Å². The van der Waals surface area contributed by atoms with Gasteiger partial charge in [0.25, 0.3) is 0 Å². The van der Waals surface area contributed by atoms with Crippen LogP contribution in [-0.2, 0) is 6.61 Å². The fourth-order valence-electron chi connectivity index (χ4n) is 1.24. The van der Waals surface area contributed by atoms with Gasteiger partial charge in [-0.05, 0) is 23.8 Å². The standard InChI is InChI=1S/C11H8F2N2OS/c12-8-3-7(5-16)4-9(13)11(8)17-10-1-2-14-6-15-10/h1-4,6,16H,5H2. The minimum absolute atomic E-state index is 0.138. The van der Waals surface area contributed by atoms with Crippen molar-refractivity contribution in [1.82, 2.24) is 9.97 Å². The Morgan fingerprint density at radius 1 is 1.24 bits per heavy atom. The van der Waals surface area contributed by atoms with E-state index in [1.165, 1.54) is 12.5 Å². The minimum atomic E-state index is -0.710. The molecule has 1 heterocycles. The molecule has 0 saturated heterocycles. The Hall–Kier alpha value is -1.53. The van der Waals surface area contributed by atoms with Gasteiger partial charge in [0.05, 0.1) is 11.5 Å². The van der Waals surface area contributed by atoms with Crippen molar-refractivity contribution in [2.45, 2.75) is 16.5 Å². The highest BCUT2D eigenvalue weighted by molar-refractivity contribution is 7.99. The molecule has 17 heavy (non-hydrogen) atoms. The van der Waals surface area contributed by atoms with Crippen molar-refractivity contribution in [3.63, 3.8) is 0 Å². The molecule has 6 heteroatoms. The summed E-state index contributed by atoms with van der Waals surface area (Å²) >= 11 is 0.877. The highest BCUT2D eigenvalue weighted by atomic mass is 32.2. The maximum atomic E-state index is 13.6. The van der Waals surface area contributed by atoms with Gasteiger partial charge >= 0.3 is 0 Å². The SMILES string of the molecule is OCc1cc(F)c(Sc2ccncn2)c(F)c1. The second-order valence-electron chi connectivity index (χ2n) is 3.20. The number of hydrogen-bond acceptors (Lipinski definition) is 4. The summed E-state index contributed by atoms with van der Waals surface area (Å²) < 4.78 is 27.1. The van der Waals surface area contributed by atoms with Gasteiger partial charge in [-0.1, -0.05) is 11.8 Å². The molecule has 0 bridgehead atoms. The van der Waals surface area contributed by atoms with E-state index in [4.69, 9.17) is 5.11 Å². The summed E-state index contributed by atoms with van der Waals surface area (Å²) in [6.45, 7) is -0.397. The third-order valence-corrected chi connectivity index (χ3v) is 3.05. The summed E-state index contributed by atoms with van der Waals surface area (Å²) in [4.78, 5) is 7.44. The van der Waals surface area contributed by atoms with Gasteiger partial charge in [-0.3, -0.25) is 0 Å². The molecule has 0 aliphatic rings. The molecule has 1 N–H and O–H groups in total. The van der Waals surface area contributed by atoms with Crippen molar-refractivity contribution in [2.24, 2.45) is 0 Å². The van der Waals surface area contributed by atoms with Crippen molar-refractivity contribution in [3.05, 3.63) is 47.9 Å². The van der Waals surface area contributed by atoms with Gasteiger partial charge in [-0.25, -0.2) is 18.7 Å². The first-order valence-corrected chi connectivity index (χ1v) is 5.55. The zero-order valence-corrected chi connectivity index (χ0v) is 9.42. The molecule has 0 fully saturated rings. The van der Waals surface area contributed by atoms with Crippen molar-refractivity contribution in [3.8, 4) is 0 Å². The van der Waals surface area contributed by atoms with Crippen molar-refractivity contribution < 1.29 is 13.9 Å². The lowest BCUT2D eigenvalue weighted by molar-refractivity contribution is 0.280. The van der Waals surface area contributed by atoms with E-state index in [0.717, 1.165) is 23.9 Å². The fourth-order valence-corrected chi connectivity index (χ4v) is 2.00. The van der Waals surface area contributed by atoms with Crippen LogP contribution in [-0.4, -0.2) is 15.1 Å². The van der Waals surface area contributed by atoms with Crippen LogP contribution in [0.5, 0.6) is 0 Å². The molecule has 0 saturated carbocycles. The average Bonchev–Trinajstić information content (AvgIpc) is 2.35. The lowest BCUT2D eigenvalue weighted by atomic mass is 10.2. The lowest BCUT2D eigenvalue weighted by Gasteiger charge is -2.05. The normalized spacial score (nSPS) is 10.5. The van der Waals surface area contributed by atoms with Crippen LogP contribution >= 0.6 is 11.8 Å². The Balaban J connectivity index is 2.33. The van der Waals surface area contributed by atoms with Crippen LogP contribution in [0.25, 0.3) is 0 Å². The summed E-state index contributed by atoms with van der Waals surface area (Å²) in [5, 5.41) is 9.26. The van der Waals surface area contributed by atoms with Crippen LogP contribution in [0.15, 0.2) is 40.6 Å². The van der Waals surface area contributed by atoms with Gasteiger partial charge in [-0.2, -0.15) is 0 Å². The van der Waals surface area contributed by atoms with Crippen molar-refractivity contribution >= 4 is 11.8 Å². The van der Waals surface area contributed by atoms with Crippen LogP contribution < -0.4 is 0 Å². The number of benzene rings is 1. The molecule has 0 radical (unpaired) electrons. The Bertz CT molecular complexity index is 499. The largest absolute Gasteiger partial charge is 0.392 e.